The number of hydrogen-bond donors (Lipinski definition) is 2. The molecule has 1 amide bonds. The quantitative estimate of drug-likeness (QED) is 0.860. The van der Waals surface area contributed by atoms with Gasteiger partial charge in [-0.2, -0.15) is 5.10 Å². The van der Waals surface area contributed by atoms with Gasteiger partial charge in [-0.1, -0.05) is 12.8 Å². The average Bonchev–Trinajstić information content (AvgIpc) is 2.78. The van der Waals surface area contributed by atoms with Gasteiger partial charge in [0.2, 0.25) is 5.91 Å². The molecule has 1 aromatic rings. The van der Waals surface area contributed by atoms with Crippen LogP contribution in [-0.2, 0) is 4.79 Å². The van der Waals surface area contributed by atoms with Gasteiger partial charge in [-0.25, -0.2) is 0 Å². The minimum Gasteiger partial charge on any atom is -0.327 e. The Morgan fingerprint density at radius 2 is 2.22 bits per heavy atom. The molecular weight excluding hydrogens is 228 g/mol. The largest absolute Gasteiger partial charge is 0.327 e. The Morgan fingerprint density at radius 1 is 1.50 bits per heavy atom. The van der Waals surface area contributed by atoms with Gasteiger partial charge >= 0.3 is 0 Å². The van der Waals surface area contributed by atoms with Crippen LogP contribution in [0.4, 0.5) is 5.69 Å². The number of carbonyl (C=O) groups excluding carboxylic acids is 1. The first-order chi connectivity index (χ1) is 8.58. The van der Waals surface area contributed by atoms with Crippen LogP contribution in [0.15, 0.2) is 12.4 Å². The maximum Gasteiger partial charge on any atom is 0.229 e. The third-order valence-electron chi connectivity index (χ3n) is 3.55. The Bertz CT molecular complexity index is 413. The van der Waals surface area contributed by atoms with E-state index in [-0.39, 0.29) is 17.9 Å². The summed E-state index contributed by atoms with van der Waals surface area (Å²) in [6, 6.07) is 0.298. The Balaban J connectivity index is 1.97. The number of amides is 1. The first kappa shape index (κ1) is 13.1. The number of nitrogens with one attached hydrogen (secondary N) is 1. The molecule has 0 bridgehead atoms. The molecule has 0 aliphatic heterocycles. The normalized spacial score (nSPS) is 24.2. The van der Waals surface area contributed by atoms with Crippen LogP contribution in [0.2, 0.25) is 0 Å². The SMILES string of the molecule is CC(C)n1cc(NC(=O)C2CCCCC2N)cn1. The third-order valence-corrected chi connectivity index (χ3v) is 3.55. The highest BCUT2D eigenvalue weighted by atomic mass is 16.1. The summed E-state index contributed by atoms with van der Waals surface area (Å²) >= 11 is 0. The number of carbonyl (C=O) groups is 1. The van der Waals surface area contributed by atoms with Crippen molar-refractivity contribution in [1.29, 1.82) is 0 Å². The van der Waals surface area contributed by atoms with E-state index < -0.39 is 0 Å². The van der Waals surface area contributed by atoms with Crippen LogP contribution in [0, 0.1) is 5.92 Å². The van der Waals surface area contributed by atoms with Gasteiger partial charge in [-0.3, -0.25) is 9.48 Å². The van der Waals surface area contributed by atoms with Gasteiger partial charge in [0.1, 0.15) is 0 Å². The molecule has 1 heterocycles. The molecule has 3 N–H and O–H groups in total. The van der Waals surface area contributed by atoms with Crippen LogP contribution in [0.5, 0.6) is 0 Å². The molecule has 2 rings (SSSR count). The second kappa shape index (κ2) is 5.52. The highest BCUT2D eigenvalue weighted by Crippen LogP contribution is 2.24. The van der Waals surface area contributed by atoms with Crippen molar-refractivity contribution in [3.8, 4) is 0 Å². The number of anilines is 1. The standard InChI is InChI=1S/C13H22N4O/c1-9(2)17-8-10(7-15-17)16-13(18)11-5-3-4-6-12(11)14/h7-9,11-12H,3-6,14H2,1-2H3,(H,16,18). The second-order valence-corrected chi connectivity index (χ2v) is 5.35. The number of nitrogens with two attached hydrogens (primary N) is 1. The lowest BCUT2D eigenvalue weighted by atomic mass is 9.84. The molecular formula is C13H22N4O. The van der Waals surface area contributed by atoms with Gasteiger partial charge in [0.25, 0.3) is 0 Å². The van der Waals surface area contributed by atoms with Gasteiger partial charge in [-0.05, 0) is 26.7 Å². The van der Waals surface area contributed by atoms with E-state index in [9.17, 15) is 4.79 Å². The molecule has 18 heavy (non-hydrogen) atoms. The topological polar surface area (TPSA) is 72.9 Å². The molecule has 2 unspecified atom stereocenters. The highest BCUT2D eigenvalue weighted by molar-refractivity contribution is 5.92. The molecule has 1 aliphatic carbocycles. The van der Waals surface area contributed by atoms with Gasteiger partial charge < -0.3 is 11.1 Å². The van der Waals surface area contributed by atoms with Crippen molar-refractivity contribution < 1.29 is 4.79 Å². The summed E-state index contributed by atoms with van der Waals surface area (Å²) in [5.41, 5.74) is 6.76. The van der Waals surface area contributed by atoms with Gasteiger partial charge in [0, 0.05) is 18.3 Å². The molecule has 0 aromatic carbocycles. The number of hydrogen-bond acceptors (Lipinski definition) is 3. The van der Waals surface area contributed by atoms with Crippen LogP contribution in [-0.4, -0.2) is 21.7 Å². The fourth-order valence-corrected chi connectivity index (χ4v) is 2.41. The molecule has 100 valence electrons. The van der Waals surface area contributed by atoms with E-state index in [4.69, 9.17) is 5.73 Å². The number of aromatic nitrogens is 2. The average molecular weight is 250 g/mol. The minimum absolute atomic E-state index is 0.00102. The summed E-state index contributed by atoms with van der Waals surface area (Å²) in [7, 11) is 0. The van der Waals surface area contributed by atoms with Crippen molar-refractivity contribution in [3.63, 3.8) is 0 Å². The summed E-state index contributed by atoms with van der Waals surface area (Å²) in [4.78, 5) is 12.1. The first-order valence-corrected chi connectivity index (χ1v) is 6.68. The van der Waals surface area contributed by atoms with Crippen molar-refractivity contribution in [2.75, 3.05) is 5.32 Å². The highest BCUT2D eigenvalue weighted by Gasteiger charge is 2.28. The maximum absolute atomic E-state index is 12.1. The van der Waals surface area contributed by atoms with Crippen molar-refractivity contribution in [2.45, 2.75) is 51.6 Å². The lowest BCUT2D eigenvalue weighted by Crippen LogP contribution is -2.40. The lowest BCUT2D eigenvalue weighted by molar-refractivity contribution is -0.121. The molecule has 0 spiro atoms. The summed E-state index contributed by atoms with van der Waals surface area (Å²) in [6.07, 6.45) is 7.62. The molecule has 1 aliphatic rings. The summed E-state index contributed by atoms with van der Waals surface area (Å²) < 4.78 is 1.83. The van der Waals surface area contributed by atoms with E-state index >= 15 is 0 Å². The van der Waals surface area contributed by atoms with E-state index in [0.717, 1.165) is 31.4 Å². The third kappa shape index (κ3) is 2.90. The molecule has 2 atom stereocenters. The van der Waals surface area contributed by atoms with Crippen LogP contribution < -0.4 is 11.1 Å². The zero-order valence-corrected chi connectivity index (χ0v) is 11.1. The Labute approximate surface area is 108 Å². The van der Waals surface area contributed by atoms with Gasteiger partial charge in [0.05, 0.1) is 17.8 Å². The Hall–Kier alpha value is -1.36. The predicted octanol–water partition coefficient (Wildman–Crippen LogP) is 1.92. The van der Waals surface area contributed by atoms with Gasteiger partial charge in [0.15, 0.2) is 0 Å². The first-order valence-electron chi connectivity index (χ1n) is 6.68. The Kier molecular flexibility index (Phi) is 4.01. The Morgan fingerprint density at radius 3 is 2.83 bits per heavy atom. The fourth-order valence-electron chi connectivity index (χ4n) is 2.41. The van der Waals surface area contributed by atoms with E-state index in [0.29, 0.717) is 6.04 Å². The van der Waals surface area contributed by atoms with Crippen molar-refractivity contribution in [3.05, 3.63) is 12.4 Å². The van der Waals surface area contributed by atoms with Crippen molar-refractivity contribution in [2.24, 2.45) is 11.7 Å². The molecule has 5 nitrogen and oxygen atoms in total. The number of nitrogens with zero attached hydrogens (tertiary/aromatic N) is 2. The van der Waals surface area contributed by atoms with Gasteiger partial charge in [-0.15, -0.1) is 0 Å². The van der Waals surface area contributed by atoms with Crippen molar-refractivity contribution >= 4 is 11.6 Å². The van der Waals surface area contributed by atoms with Crippen LogP contribution in [0.3, 0.4) is 0 Å². The number of rotatable bonds is 3. The van der Waals surface area contributed by atoms with E-state index in [2.05, 4.69) is 24.3 Å². The zero-order valence-electron chi connectivity index (χ0n) is 11.1. The molecule has 1 saturated carbocycles. The van der Waals surface area contributed by atoms with Crippen LogP contribution >= 0.6 is 0 Å². The van der Waals surface area contributed by atoms with Crippen molar-refractivity contribution in [1.82, 2.24) is 9.78 Å². The molecule has 1 aromatic heterocycles. The smallest absolute Gasteiger partial charge is 0.229 e. The molecule has 1 fully saturated rings. The summed E-state index contributed by atoms with van der Waals surface area (Å²) in [5.74, 6) is -0.0216. The molecule has 5 heteroatoms. The maximum atomic E-state index is 12.1. The van der Waals surface area contributed by atoms with Crippen LogP contribution in [0.1, 0.15) is 45.6 Å². The van der Waals surface area contributed by atoms with E-state index in [1.54, 1.807) is 6.20 Å². The molecule has 0 saturated heterocycles. The monoisotopic (exact) mass is 250 g/mol. The lowest BCUT2D eigenvalue weighted by Gasteiger charge is -2.27. The van der Waals surface area contributed by atoms with Crippen LogP contribution in [0.25, 0.3) is 0 Å². The minimum atomic E-state index is -0.0545. The van der Waals surface area contributed by atoms with E-state index in [1.807, 2.05) is 10.9 Å². The fraction of sp³-hybridized carbons (Fsp3) is 0.692. The predicted molar refractivity (Wildman–Crippen MR) is 71.2 cm³/mol. The second-order valence-electron chi connectivity index (χ2n) is 5.35. The molecule has 0 radical (unpaired) electrons. The summed E-state index contributed by atoms with van der Waals surface area (Å²) in [5, 5.41) is 7.12. The summed E-state index contributed by atoms with van der Waals surface area (Å²) in [6.45, 7) is 4.10. The zero-order chi connectivity index (χ0) is 13.1. The van der Waals surface area contributed by atoms with E-state index in [1.165, 1.54) is 0 Å².